The van der Waals surface area contributed by atoms with E-state index in [1.54, 1.807) is 0 Å². The Morgan fingerprint density at radius 2 is 1.86 bits per heavy atom. The molecule has 2 heteroatoms. The summed E-state index contributed by atoms with van der Waals surface area (Å²) < 4.78 is 6.02. The summed E-state index contributed by atoms with van der Waals surface area (Å²) in [7, 11) is 0. The van der Waals surface area contributed by atoms with Crippen LogP contribution in [0.4, 0.5) is 0 Å². The number of aromatic amines is 1. The zero-order chi connectivity index (χ0) is 14.8. The molecule has 108 valence electrons. The van der Waals surface area contributed by atoms with Crippen molar-refractivity contribution in [3.63, 3.8) is 0 Å². The van der Waals surface area contributed by atoms with Gasteiger partial charge in [-0.05, 0) is 41.7 Å². The molecule has 0 bridgehead atoms. The van der Waals surface area contributed by atoms with Crippen LogP contribution < -0.4 is 4.74 Å². The number of hydrogen-bond donors (Lipinski definition) is 1. The lowest BCUT2D eigenvalue weighted by Crippen LogP contribution is -1.97. The van der Waals surface area contributed by atoms with Crippen molar-refractivity contribution < 1.29 is 4.74 Å². The Morgan fingerprint density at radius 3 is 2.57 bits per heavy atom. The minimum absolute atomic E-state index is 0.503. The van der Waals surface area contributed by atoms with E-state index in [2.05, 4.69) is 56.2 Å². The van der Waals surface area contributed by atoms with Gasteiger partial charge in [0.05, 0.1) is 0 Å². The number of ether oxygens (including phenoxy) is 1. The van der Waals surface area contributed by atoms with Crippen molar-refractivity contribution in [2.45, 2.75) is 33.3 Å². The molecule has 21 heavy (non-hydrogen) atoms. The second-order valence-electron chi connectivity index (χ2n) is 5.84. The highest BCUT2D eigenvalue weighted by atomic mass is 16.5. The molecule has 0 spiro atoms. The lowest BCUT2D eigenvalue weighted by atomic mass is 10.0. The molecule has 3 rings (SSSR count). The first kappa shape index (κ1) is 13.7. The molecular formula is C19H21NO. The van der Waals surface area contributed by atoms with Crippen LogP contribution in [0.3, 0.4) is 0 Å². The number of hydrogen-bond acceptors (Lipinski definition) is 1. The lowest BCUT2D eigenvalue weighted by molar-refractivity contribution is 0.304. The third-order valence-electron chi connectivity index (χ3n) is 3.87. The fourth-order valence-corrected chi connectivity index (χ4v) is 2.65. The Hall–Kier alpha value is -2.22. The predicted molar refractivity (Wildman–Crippen MR) is 87.9 cm³/mol. The van der Waals surface area contributed by atoms with Crippen molar-refractivity contribution in [1.29, 1.82) is 0 Å². The Bertz CT molecular complexity index is 741. The molecule has 0 amide bonds. The molecule has 2 aromatic carbocycles. The molecule has 0 atom stereocenters. The summed E-state index contributed by atoms with van der Waals surface area (Å²) in [5, 5.41) is 1.26. The van der Waals surface area contributed by atoms with Gasteiger partial charge in [-0.1, -0.05) is 44.2 Å². The molecule has 0 aliphatic heterocycles. The molecule has 1 N–H and O–H groups in total. The average Bonchev–Trinajstić information content (AvgIpc) is 2.88. The third-order valence-corrected chi connectivity index (χ3v) is 3.87. The van der Waals surface area contributed by atoms with E-state index in [-0.39, 0.29) is 0 Å². The first-order valence-electron chi connectivity index (χ1n) is 7.43. The number of rotatable bonds is 4. The van der Waals surface area contributed by atoms with Gasteiger partial charge in [0.25, 0.3) is 0 Å². The standard InChI is InChI=1S/C19H21NO/c1-13(2)17-11-20-18-9-14(3)19(10-16(17)18)21-12-15-7-5-4-6-8-15/h4-11,13,20H,12H2,1-3H3. The predicted octanol–water partition coefficient (Wildman–Crippen LogP) is 5.18. The molecule has 0 fully saturated rings. The maximum atomic E-state index is 6.02. The topological polar surface area (TPSA) is 25.0 Å². The summed E-state index contributed by atoms with van der Waals surface area (Å²) in [6.45, 7) is 7.13. The highest BCUT2D eigenvalue weighted by Crippen LogP contribution is 2.31. The van der Waals surface area contributed by atoms with Gasteiger partial charge in [0.15, 0.2) is 0 Å². The maximum Gasteiger partial charge on any atom is 0.123 e. The number of aryl methyl sites for hydroxylation is 1. The monoisotopic (exact) mass is 279 g/mol. The molecule has 0 aliphatic carbocycles. The first-order valence-corrected chi connectivity index (χ1v) is 7.43. The van der Waals surface area contributed by atoms with Crippen LogP contribution in [0.25, 0.3) is 10.9 Å². The average molecular weight is 279 g/mol. The molecule has 0 radical (unpaired) electrons. The smallest absolute Gasteiger partial charge is 0.123 e. The van der Waals surface area contributed by atoms with Crippen LogP contribution in [-0.4, -0.2) is 4.98 Å². The van der Waals surface area contributed by atoms with Crippen LogP contribution in [0, 0.1) is 6.92 Å². The minimum atomic E-state index is 0.503. The van der Waals surface area contributed by atoms with E-state index in [1.165, 1.54) is 22.0 Å². The number of H-pyrrole nitrogens is 1. The number of nitrogens with one attached hydrogen (secondary N) is 1. The molecule has 2 nitrogen and oxygen atoms in total. The van der Waals surface area contributed by atoms with Crippen LogP contribution >= 0.6 is 0 Å². The summed E-state index contributed by atoms with van der Waals surface area (Å²) in [6.07, 6.45) is 2.11. The number of aromatic nitrogens is 1. The van der Waals surface area contributed by atoms with E-state index in [0.29, 0.717) is 12.5 Å². The van der Waals surface area contributed by atoms with Crippen molar-refractivity contribution in [2.75, 3.05) is 0 Å². The van der Waals surface area contributed by atoms with Crippen molar-refractivity contribution in [2.24, 2.45) is 0 Å². The maximum absolute atomic E-state index is 6.02. The first-order chi connectivity index (χ1) is 10.1. The van der Waals surface area contributed by atoms with Crippen LogP contribution in [0.2, 0.25) is 0 Å². The Kier molecular flexibility index (Phi) is 3.70. The Morgan fingerprint density at radius 1 is 1.10 bits per heavy atom. The minimum Gasteiger partial charge on any atom is -0.489 e. The summed E-state index contributed by atoms with van der Waals surface area (Å²) in [6, 6.07) is 14.6. The number of fused-ring (bicyclic) bond motifs is 1. The van der Waals surface area contributed by atoms with Gasteiger partial charge in [-0.2, -0.15) is 0 Å². The van der Waals surface area contributed by atoms with E-state index in [0.717, 1.165) is 11.3 Å². The number of benzene rings is 2. The van der Waals surface area contributed by atoms with Gasteiger partial charge in [-0.25, -0.2) is 0 Å². The van der Waals surface area contributed by atoms with Gasteiger partial charge in [0.1, 0.15) is 12.4 Å². The molecule has 1 aromatic heterocycles. The molecule has 0 saturated carbocycles. The Labute approximate surface area is 125 Å². The van der Waals surface area contributed by atoms with E-state index in [4.69, 9.17) is 4.74 Å². The van der Waals surface area contributed by atoms with Crippen molar-refractivity contribution in [3.8, 4) is 5.75 Å². The van der Waals surface area contributed by atoms with Gasteiger partial charge in [-0.15, -0.1) is 0 Å². The summed E-state index contributed by atoms with van der Waals surface area (Å²) in [5.41, 5.74) is 4.88. The largest absolute Gasteiger partial charge is 0.489 e. The van der Waals surface area contributed by atoms with E-state index >= 15 is 0 Å². The molecule has 0 aliphatic rings. The SMILES string of the molecule is Cc1cc2[nH]cc(C(C)C)c2cc1OCc1ccccc1. The molecule has 3 aromatic rings. The summed E-state index contributed by atoms with van der Waals surface area (Å²) >= 11 is 0. The fourth-order valence-electron chi connectivity index (χ4n) is 2.65. The van der Waals surface area contributed by atoms with Gasteiger partial charge >= 0.3 is 0 Å². The highest BCUT2D eigenvalue weighted by molar-refractivity contribution is 5.86. The van der Waals surface area contributed by atoms with Crippen LogP contribution in [-0.2, 0) is 6.61 Å². The van der Waals surface area contributed by atoms with Gasteiger partial charge in [0.2, 0.25) is 0 Å². The van der Waals surface area contributed by atoms with Crippen LogP contribution in [0.15, 0.2) is 48.7 Å². The molecular weight excluding hydrogens is 258 g/mol. The van der Waals surface area contributed by atoms with E-state index < -0.39 is 0 Å². The van der Waals surface area contributed by atoms with Crippen molar-refractivity contribution >= 4 is 10.9 Å². The second-order valence-corrected chi connectivity index (χ2v) is 5.84. The quantitative estimate of drug-likeness (QED) is 0.699. The van der Waals surface area contributed by atoms with E-state index in [9.17, 15) is 0 Å². The summed E-state index contributed by atoms with van der Waals surface area (Å²) in [4.78, 5) is 3.36. The Balaban J connectivity index is 1.91. The van der Waals surface area contributed by atoms with Gasteiger partial charge in [0, 0.05) is 17.1 Å². The highest BCUT2D eigenvalue weighted by Gasteiger charge is 2.10. The molecule has 0 saturated heterocycles. The molecule has 0 unspecified atom stereocenters. The fraction of sp³-hybridized carbons (Fsp3) is 0.263. The zero-order valence-corrected chi connectivity index (χ0v) is 12.8. The lowest BCUT2D eigenvalue weighted by Gasteiger charge is -2.11. The van der Waals surface area contributed by atoms with Crippen LogP contribution in [0.1, 0.15) is 36.5 Å². The van der Waals surface area contributed by atoms with Crippen molar-refractivity contribution in [3.05, 3.63) is 65.4 Å². The zero-order valence-electron chi connectivity index (χ0n) is 12.8. The second kappa shape index (κ2) is 5.65. The van der Waals surface area contributed by atoms with E-state index in [1.807, 2.05) is 18.2 Å². The van der Waals surface area contributed by atoms with Crippen molar-refractivity contribution in [1.82, 2.24) is 4.98 Å². The third kappa shape index (κ3) is 2.80. The van der Waals surface area contributed by atoms with Gasteiger partial charge < -0.3 is 9.72 Å². The summed E-state index contributed by atoms with van der Waals surface area (Å²) in [5.74, 6) is 1.47. The molecule has 1 heterocycles. The van der Waals surface area contributed by atoms with Gasteiger partial charge in [-0.3, -0.25) is 0 Å². The normalized spacial score (nSPS) is 11.2. The van der Waals surface area contributed by atoms with Crippen LogP contribution in [0.5, 0.6) is 5.75 Å².